The Kier molecular flexibility index (Phi) is 14.4. The van der Waals surface area contributed by atoms with Crippen molar-refractivity contribution < 1.29 is 96.7 Å². The first-order chi connectivity index (χ1) is 21.9. The molecule has 47 heavy (non-hydrogen) atoms. The van der Waals surface area contributed by atoms with E-state index < -0.39 is 128 Å². The van der Waals surface area contributed by atoms with Gasteiger partial charge in [-0.25, -0.2) is 4.18 Å². The van der Waals surface area contributed by atoms with Crippen LogP contribution in [-0.2, 0) is 42.5 Å². The molecule has 0 radical (unpaired) electrons. The van der Waals surface area contributed by atoms with Gasteiger partial charge < -0.3 is 75.1 Å². The summed E-state index contributed by atoms with van der Waals surface area (Å²) in [6, 6.07) is 0. The Labute approximate surface area is 269 Å². The quantitative estimate of drug-likeness (QED) is 0.0627. The maximum atomic E-state index is 12.8. The summed E-state index contributed by atoms with van der Waals surface area (Å²) in [6.07, 6.45) is -19.0. The molecule has 0 spiro atoms. The van der Waals surface area contributed by atoms with E-state index in [1.807, 2.05) is 6.92 Å². The minimum Gasteiger partial charge on any atom is -0.394 e. The largest absolute Gasteiger partial charge is 0.406 e. The molecular formula is C26H46O20S. The second-order valence-corrected chi connectivity index (χ2v) is 12.9. The molecule has 0 bridgehead atoms. The van der Waals surface area contributed by atoms with Gasteiger partial charge in [0, 0.05) is 6.42 Å². The number of ketones is 1. The number of aliphatic hydroxyl groups excluding tert-OH is 9. The van der Waals surface area contributed by atoms with E-state index in [-0.39, 0.29) is 6.42 Å². The van der Waals surface area contributed by atoms with Crippen molar-refractivity contribution in [3.63, 3.8) is 0 Å². The van der Waals surface area contributed by atoms with Gasteiger partial charge >= 0.3 is 16.2 Å². The molecule has 3 aliphatic heterocycles. The van der Waals surface area contributed by atoms with Crippen LogP contribution >= 0.6 is 0 Å². The van der Waals surface area contributed by atoms with E-state index in [0.717, 1.165) is 25.7 Å². The molecule has 0 aromatic carbocycles. The van der Waals surface area contributed by atoms with Gasteiger partial charge in [0.15, 0.2) is 18.4 Å². The van der Waals surface area contributed by atoms with E-state index >= 15 is 0 Å². The van der Waals surface area contributed by atoms with Crippen LogP contribution in [0, 0.1) is 0 Å². The van der Waals surface area contributed by atoms with Gasteiger partial charge in [0.05, 0.1) is 19.8 Å². The molecule has 0 unspecified atom stereocenters. The van der Waals surface area contributed by atoms with Crippen LogP contribution in [0.25, 0.3) is 0 Å². The summed E-state index contributed by atoms with van der Waals surface area (Å²) in [5, 5.41) is 113. The van der Waals surface area contributed by atoms with Crippen LogP contribution in [0.1, 0.15) is 51.9 Å². The van der Waals surface area contributed by atoms with Crippen LogP contribution in [-0.4, -0.2) is 175 Å². The van der Waals surface area contributed by atoms with E-state index in [4.69, 9.17) is 18.9 Å². The first-order valence-electron chi connectivity index (χ1n) is 15.2. The highest BCUT2D eigenvalue weighted by Crippen LogP contribution is 2.42. The Hall–Kier alpha value is -1.06. The highest BCUT2D eigenvalue weighted by molar-refractivity contribution is 7.82. The minimum absolute atomic E-state index is 0.165. The van der Waals surface area contributed by atoms with Crippen LogP contribution in [0.3, 0.4) is 0 Å². The predicted octanol–water partition coefficient (Wildman–Crippen LogP) is -5.66. The highest BCUT2D eigenvalue weighted by Gasteiger charge is 2.72. The van der Waals surface area contributed by atoms with Crippen molar-refractivity contribution in [2.24, 2.45) is 0 Å². The standard InChI is InChI=1S/C26H46O20S/c1-2-3-4-5-6-7-8-15(29)25(37)26(38,46-47(39,40)45-25)22(36)12(28)10-41-23-21(35)19(33)17(31)14(44-23)11-42-24-20(34)18(32)16(30)13(9-27)43-24/h12-14,16-24,27-28,30-38H,2-11H2,1H3/t12-,13-,14-,16-,17-,18+,19+,20-,21-,22-,23+,24+,25-,26+/m1/s1. The Morgan fingerprint density at radius 2 is 1.30 bits per heavy atom. The summed E-state index contributed by atoms with van der Waals surface area (Å²) < 4.78 is 53.7. The fourth-order valence-corrected chi connectivity index (χ4v) is 6.36. The number of hydrogen-bond acceptors (Lipinski definition) is 20. The molecule has 0 aromatic rings. The lowest BCUT2D eigenvalue weighted by molar-refractivity contribution is -0.341. The number of rotatable bonds is 17. The molecule has 3 heterocycles. The van der Waals surface area contributed by atoms with Crippen LogP contribution in [0.5, 0.6) is 0 Å². The van der Waals surface area contributed by atoms with Gasteiger partial charge in [-0.2, -0.15) is 12.6 Å². The second-order valence-electron chi connectivity index (χ2n) is 11.7. The smallest absolute Gasteiger partial charge is 0.394 e. The predicted molar refractivity (Wildman–Crippen MR) is 148 cm³/mol. The van der Waals surface area contributed by atoms with Crippen molar-refractivity contribution >= 4 is 16.2 Å². The third-order valence-corrected chi connectivity index (χ3v) is 9.11. The van der Waals surface area contributed by atoms with Crippen LogP contribution in [0.4, 0.5) is 0 Å². The molecule has 0 amide bonds. The summed E-state index contributed by atoms with van der Waals surface area (Å²) in [7, 11) is -5.27. The number of hydrogen-bond donors (Lipinski definition) is 11. The van der Waals surface area contributed by atoms with Crippen LogP contribution < -0.4 is 0 Å². The van der Waals surface area contributed by atoms with Gasteiger partial charge in [-0.3, -0.25) is 4.79 Å². The van der Waals surface area contributed by atoms with Crippen molar-refractivity contribution in [3.05, 3.63) is 0 Å². The molecule has 3 aliphatic rings. The van der Waals surface area contributed by atoms with E-state index in [1.165, 1.54) is 0 Å². The van der Waals surface area contributed by atoms with E-state index in [1.54, 1.807) is 0 Å². The molecule has 0 saturated carbocycles. The van der Waals surface area contributed by atoms with Crippen LogP contribution in [0.15, 0.2) is 0 Å². The third-order valence-electron chi connectivity index (χ3n) is 8.21. The van der Waals surface area contributed by atoms with Gasteiger partial charge in [-0.1, -0.05) is 39.0 Å². The Morgan fingerprint density at radius 1 is 0.766 bits per heavy atom. The fraction of sp³-hybridized carbons (Fsp3) is 0.962. The number of unbranched alkanes of at least 4 members (excludes halogenated alkanes) is 5. The molecule has 3 fully saturated rings. The number of ether oxygens (including phenoxy) is 4. The molecule has 11 N–H and O–H groups in total. The first-order valence-corrected chi connectivity index (χ1v) is 16.5. The molecular weight excluding hydrogens is 664 g/mol. The van der Waals surface area contributed by atoms with Crippen molar-refractivity contribution in [1.29, 1.82) is 0 Å². The molecule has 3 rings (SSSR count). The summed E-state index contributed by atoms with van der Waals surface area (Å²) >= 11 is 0. The van der Waals surface area contributed by atoms with Crippen LogP contribution in [0.2, 0.25) is 0 Å². The van der Waals surface area contributed by atoms with Gasteiger partial charge in [0.1, 0.15) is 61.0 Å². The molecule has 20 nitrogen and oxygen atoms in total. The average Bonchev–Trinajstić information content (AvgIpc) is 3.23. The molecule has 14 atom stereocenters. The zero-order chi connectivity index (χ0) is 35.3. The van der Waals surface area contributed by atoms with Crippen molar-refractivity contribution in [2.75, 3.05) is 19.8 Å². The SMILES string of the molecule is CCCCCCCCC(=O)[C@@]1(O)OS(=O)(=O)O[C@@]1(O)[C@H](O)[C@H](O)CO[C@H]1O[C@H](CO[C@H]2O[C@H](CO)[C@@H](O)[C@H](O)[C@H]2O)[C@@H](O)[C@H](O)[C@H]1O. The number of carbonyl (C=O) groups is 1. The maximum Gasteiger partial charge on any atom is 0.406 e. The van der Waals surface area contributed by atoms with Crippen molar-refractivity contribution in [1.82, 2.24) is 0 Å². The lowest BCUT2D eigenvalue weighted by atomic mass is 9.90. The zero-order valence-corrected chi connectivity index (χ0v) is 26.3. The first kappa shape index (κ1) is 40.4. The Morgan fingerprint density at radius 3 is 1.89 bits per heavy atom. The molecule has 21 heteroatoms. The monoisotopic (exact) mass is 710 g/mol. The van der Waals surface area contributed by atoms with Crippen molar-refractivity contribution in [2.45, 2.75) is 137 Å². The second kappa shape index (κ2) is 16.8. The minimum atomic E-state index is -5.27. The summed E-state index contributed by atoms with van der Waals surface area (Å²) in [5.41, 5.74) is 0. The van der Waals surface area contributed by atoms with E-state index in [0.29, 0.717) is 6.42 Å². The third kappa shape index (κ3) is 9.00. The lowest BCUT2D eigenvalue weighted by Crippen LogP contribution is -2.66. The topological polar surface area (TPSA) is 329 Å². The van der Waals surface area contributed by atoms with E-state index in [9.17, 15) is 69.4 Å². The van der Waals surface area contributed by atoms with Gasteiger partial charge in [0.25, 0.3) is 5.79 Å². The average molecular weight is 711 g/mol. The highest BCUT2D eigenvalue weighted by atomic mass is 32.3. The number of Topliss-reactive ketones (excluding diaryl/α,β-unsaturated/α-hetero) is 1. The summed E-state index contributed by atoms with van der Waals surface area (Å²) in [5.74, 6) is -8.78. The maximum absolute atomic E-state index is 12.8. The zero-order valence-electron chi connectivity index (χ0n) is 25.5. The molecule has 0 aliphatic carbocycles. The van der Waals surface area contributed by atoms with Crippen molar-refractivity contribution in [3.8, 4) is 0 Å². The van der Waals surface area contributed by atoms with E-state index in [2.05, 4.69) is 8.37 Å². The van der Waals surface area contributed by atoms with Gasteiger partial charge in [-0.05, 0) is 6.42 Å². The Balaban J connectivity index is 1.63. The molecule has 276 valence electrons. The van der Waals surface area contributed by atoms with Gasteiger partial charge in [-0.15, -0.1) is 0 Å². The summed E-state index contributed by atoms with van der Waals surface area (Å²) in [4.78, 5) is 12.8. The summed E-state index contributed by atoms with van der Waals surface area (Å²) in [6.45, 7) is -0.608. The lowest BCUT2D eigenvalue weighted by Gasteiger charge is -2.43. The normalized spacial score (nSPS) is 41.9. The molecule has 0 aromatic heterocycles. The van der Waals surface area contributed by atoms with Gasteiger partial charge in [0.2, 0.25) is 0 Å². The fourth-order valence-electron chi connectivity index (χ4n) is 5.30. The number of aliphatic hydroxyl groups is 11. The number of carbonyl (C=O) groups excluding carboxylic acids is 1. The molecule has 3 saturated heterocycles. The Bertz CT molecular complexity index is 1110.